The molecule has 0 aliphatic heterocycles. The van der Waals surface area contributed by atoms with Crippen molar-refractivity contribution in [3.05, 3.63) is 277 Å². The smallest absolute Gasteiger partial charge is 0.0159 e. The molecule has 1 unspecified atom stereocenters. The van der Waals surface area contributed by atoms with E-state index >= 15 is 0 Å². The predicted octanol–water partition coefficient (Wildman–Crippen LogP) is 18.4. The van der Waals surface area contributed by atoms with E-state index in [1.807, 2.05) is 0 Å². The van der Waals surface area contributed by atoms with Gasteiger partial charge in [0.1, 0.15) is 0 Å². The topological polar surface area (TPSA) is 0 Å². The summed E-state index contributed by atoms with van der Waals surface area (Å²) in [6, 6.07) is 92.4. The highest BCUT2D eigenvalue weighted by Gasteiger charge is 2.36. The Bertz CT molecular complexity index is 3580. The van der Waals surface area contributed by atoms with Crippen LogP contribution in [0.3, 0.4) is 0 Å². The molecule has 0 heterocycles. The number of rotatable bonds is 10. The second kappa shape index (κ2) is 17.3. The maximum Gasteiger partial charge on any atom is 0.0159 e. The van der Waals surface area contributed by atoms with Gasteiger partial charge in [-0.2, -0.15) is 0 Å². The molecule has 1 aliphatic carbocycles. The van der Waals surface area contributed by atoms with Crippen molar-refractivity contribution in [1.82, 2.24) is 0 Å². The Morgan fingerprint density at radius 2 is 0.721 bits per heavy atom. The van der Waals surface area contributed by atoms with Crippen molar-refractivity contribution < 1.29 is 0 Å². The van der Waals surface area contributed by atoms with E-state index in [0.29, 0.717) is 0 Å². The van der Waals surface area contributed by atoms with E-state index in [0.717, 1.165) is 12.8 Å². The van der Waals surface area contributed by atoms with Gasteiger partial charge in [0.2, 0.25) is 0 Å². The van der Waals surface area contributed by atoms with Crippen LogP contribution in [0.4, 0.5) is 0 Å². The van der Waals surface area contributed by atoms with Crippen molar-refractivity contribution in [2.45, 2.75) is 38.0 Å². The van der Waals surface area contributed by atoms with E-state index in [2.05, 4.69) is 263 Å². The van der Waals surface area contributed by atoms with Gasteiger partial charge in [0, 0.05) is 11.3 Å². The zero-order chi connectivity index (χ0) is 45.6. The third kappa shape index (κ3) is 7.63. The Labute approximate surface area is 400 Å². The SMILES string of the molecule is CC1(C)c2cc(CCC(c3ccc(-c4ccc(-c5ccccc5)cc4)cc3)c3cc4ccccc4c4ccccc34)ccc2-c2ccc(-c3ccc(-c4ccc(-c5ccccc5)cc4)cc3)cc21. The van der Waals surface area contributed by atoms with Crippen molar-refractivity contribution >= 4 is 21.5 Å². The van der Waals surface area contributed by atoms with Crippen LogP contribution in [0.25, 0.3) is 88.3 Å². The largest absolute Gasteiger partial charge is 0.0622 e. The van der Waals surface area contributed by atoms with Gasteiger partial charge < -0.3 is 0 Å². The normalized spacial score (nSPS) is 13.0. The second-order valence-electron chi connectivity index (χ2n) is 19.2. The fourth-order valence-electron chi connectivity index (χ4n) is 11.0. The van der Waals surface area contributed by atoms with Gasteiger partial charge >= 0.3 is 0 Å². The van der Waals surface area contributed by atoms with Crippen LogP contribution in [-0.2, 0) is 11.8 Å². The van der Waals surface area contributed by atoms with Crippen LogP contribution >= 0.6 is 0 Å². The number of fused-ring (bicyclic) bond motifs is 6. The van der Waals surface area contributed by atoms with Gasteiger partial charge in [0.25, 0.3) is 0 Å². The first-order valence-electron chi connectivity index (χ1n) is 24.2. The summed E-state index contributed by atoms with van der Waals surface area (Å²) in [6.45, 7) is 4.82. The third-order valence-electron chi connectivity index (χ3n) is 14.8. The van der Waals surface area contributed by atoms with E-state index in [1.165, 1.54) is 116 Å². The summed E-state index contributed by atoms with van der Waals surface area (Å²) in [6.07, 6.45) is 1.97. The zero-order valence-electron chi connectivity index (χ0n) is 38.7. The lowest BCUT2D eigenvalue weighted by Crippen LogP contribution is -2.15. The van der Waals surface area contributed by atoms with Crippen LogP contribution in [0, 0.1) is 0 Å². The predicted molar refractivity (Wildman–Crippen MR) is 289 cm³/mol. The molecular weight excluding hydrogens is 817 g/mol. The van der Waals surface area contributed by atoms with Gasteiger partial charge in [0.15, 0.2) is 0 Å². The molecule has 0 spiro atoms. The lowest BCUT2D eigenvalue weighted by molar-refractivity contribution is 0.657. The average Bonchev–Trinajstić information content (AvgIpc) is 3.63. The summed E-state index contributed by atoms with van der Waals surface area (Å²) >= 11 is 0. The molecule has 0 saturated heterocycles. The highest BCUT2D eigenvalue weighted by molar-refractivity contribution is 6.09. The van der Waals surface area contributed by atoms with E-state index in [9.17, 15) is 0 Å². The quantitative estimate of drug-likeness (QED) is 0.120. The Hall–Kier alpha value is -8.06. The van der Waals surface area contributed by atoms with Crippen molar-refractivity contribution in [2.24, 2.45) is 0 Å². The second-order valence-corrected chi connectivity index (χ2v) is 19.2. The van der Waals surface area contributed by atoms with Crippen LogP contribution in [-0.4, -0.2) is 0 Å². The summed E-state index contributed by atoms with van der Waals surface area (Å²) in [5, 5.41) is 5.26. The van der Waals surface area contributed by atoms with E-state index in [4.69, 9.17) is 0 Å². The molecule has 11 aromatic carbocycles. The number of benzene rings is 11. The summed E-state index contributed by atoms with van der Waals surface area (Å²) < 4.78 is 0. The maximum absolute atomic E-state index is 2.52. The Morgan fingerprint density at radius 3 is 1.26 bits per heavy atom. The highest BCUT2D eigenvalue weighted by Crippen LogP contribution is 2.50. The third-order valence-corrected chi connectivity index (χ3v) is 14.8. The molecular formula is C68H52. The number of aryl methyl sites for hydroxylation is 1. The Balaban J connectivity index is 0.826. The van der Waals surface area contributed by atoms with E-state index in [1.54, 1.807) is 0 Å². The lowest BCUT2D eigenvalue weighted by atomic mass is 9.80. The zero-order valence-corrected chi connectivity index (χ0v) is 38.7. The molecule has 0 bridgehead atoms. The molecule has 0 amide bonds. The lowest BCUT2D eigenvalue weighted by Gasteiger charge is -2.24. The molecule has 0 heteroatoms. The Morgan fingerprint density at radius 1 is 0.324 bits per heavy atom. The van der Waals surface area contributed by atoms with E-state index < -0.39 is 0 Å². The molecule has 12 rings (SSSR count). The number of hydrogen-bond donors (Lipinski definition) is 0. The first-order chi connectivity index (χ1) is 33.4. The minimum absolute atomic E-state index is 0.125. The summed E-state index contributed by atoms with van der Waals surface area (Å²) in [4.78, 5) is 0. The first-order valence-corrected chi connectivity index (χ1v) is 24.2. The molecule has 1 atom stereocenters. The minimum Gasteiger partial charge on any atom is -0.0622 e. The molecule has 0 fully saturated rings. The van der Waals surface area contributed by atoms with Crippen LogP contribution in [0.5, 0.6) is 0 Å². The molecule has 1 aliphatic rings. The standard InChI is InChI=1S/C68H52/c1-68(2)66-43-46(22-41-63(66)64-42-39-57(45-67(64)68)55-33-31-53(32-34-55)51-27-23-49(24-28-51)47-13-5-3-6-14-47)21-40-60(65-44-58-17-9-10-18-59(58)61-19-11-12-20-62(61)65)56-37-35-54(36-38-56)52-29-25-50(26-30-52)48-15-7-4-8-16-48/h3-20,22-39,41-45,60H,21,40H2,1-2H3. The molecule has 0 radical (unpaired) electrons. The van der Waals surface area contributed by atoms with E-state index in [-0.39, 0.29) is 11.3 Å². The van der Waals surface area contributed by atoms with Crippen LogP contribution in [0.2, 0.25) is 0 Å². The van der Waals surface area contributed by atoms with Crippen LogP contribution in [0.15, 0.2) is 249 Å². The fraction of sp³-hybridized carbons (Fsp3) is 0.0882. The monoisotopic (exact) mass is 868 g/mol. The molecule has 0 aromatic heterocycles. The van der Waals surface area contributed by atoms with Gasteiger partial charge in [-0.1, -0.05) is 250 Å². The molecule has 68 heavy (non-hydrogen) atoms. The van der Waals surface area contributed by atoms with Gasteiger partial charge in [-0.3, -0.25) is 0 Å². The summed E-state index contributed by atoms with van der Waals surface area (Å²) in [5.74, 6) is 0.208. The van der Waals surface area contributed by atoms with Crippen molar-refractivity contribution in [1.29, 1.82) is 0 Å². The highest BCUT2D eigenvalue weighted by atomic mass is 14.4. The Kier molecular flexibility index (Phi) is 10.5. The van der Waals surface area contributed by atoms with Gasteiger partial charge in [-0.15, -0.1) is 0 Å². The van der Waals surface area contributed by atoms with Gasteiger partial charge in [-0.05, 0) is 141 Å². The molecule has 11 aromatic rings. The van der Waals surface area contributed by atoms with Crippen molar-refractivity contribution in [3.63, 3.8) is 0 Å². The maximum atomic E-state index is 2.52. The molecule has 0 N–H and O–H groups in total. The van der Waals surface area contributed by atoms with Gasteiger partial charge in [-0.25, -0.2) is 0 Å². The van der Waals surface area contributed by atoms with Crippen molar-refractivity contribution in [2.75, 3.05) is 0 Å². The van der Waals surface area contributed by atoms with Crippen LogP contribution in [0.1, 0.15) is 54.0 Å². The molecule has 0 saturated carbocycles. The summed E-state index contributed by atoms with van der Waals surface area (Å²) in [5.41, 5.74) is 21.9. The average molecular weight is 869 g/mol. The first kappa shape index (κ1) is 41.4. The fourth-order valence-corrected chi connectivity index (χ4v) is 11.0. The van der Waals surface area contributed by atoms with Gasteiger partial charge in [0.05, 0.1) is 0 Å². The van der Waals surface area contributed by atoms with Crippen LogP contribution < -0.4 is 0 Å². The minimum atomic E-state index is -0.125. The van der Waals surface area contributed by atoms with Crippen molar-refractivity contribution in [3.8, 4) is 66.8 Å². The molecule has 324 valence electrons. The number of hydrogen-bond acceptors (Lipinski definition) is 0. The summed E-state index contributed by atoms with van der Waals surface area (Å²) in [7, 11) is 0. The molecule has 0 nitrogen and oxygen atoms in total.